The van der Waals surface area contributed by atoms with E-state index in [2.05, 4.69) is 15.4 Å². The normalized spacial score (nSPS) is 24.3. The Bertz CT molecular complexity index is 524. The third-order valence-electron chi connectivity index (χ3n) is 3.55. The molecule has 1 aliphatic rings. The average molecular weight is 265 g/mol. The van der Waals surface area contributed by atoms with Gasteiger partial charge in [0, 0.05) is 24.2 Å². The van der Waals surface area contributed by atoms with E-state index in [1.165, 1.54) is 12.8 Å². The van der Waals surface area contributed by atoms with E-state index in [0.717, 1.165) is 30.9 Å². The van der Waals surface area contributed by atoms with Gasteiger partial charge >= 0.3 is 0 Å². The second-order valence-electron chi connectivity index (χ2n) is 4.96. The van der Waals surface area contributed by atoms with Crippen LogP contribution in [0.25, 0.3) is 5.65 Å². The standard InChI is InChI=1S/C13H17ClN4/c14-11-3-1-2-10(8-11)9-15-12-5-7-18-13(17-12)4-6-16-18/h4-7,10-11H,1-3,8-9H2,(H,15,17). The largest absolute Gasteiger partial charge is 0.370 e. The maximum absolute atomic E-state index is 6.20. The summed E-state index contributed by atoms with van der Waals surface area (Å²) in [5.41, 5.74) is 0.874. The summed E-state index contributed by atoms with van der Waals surface area (Å²) in [4.78, 5) is 4.50. The molecule has 5 heteroatoms. The highest BCUT2D eigenvalue weighted by Gasteiger charge is 2.19. The second kappa shape index (κ2) is 5.14. The Balaban J connectivity index is 1.61. The first-order chi connectivity index (χ1) is 8.81. The highest BCUT2D eigenvalue weighted by molar-refractivity contribution is 6.20. The zero-order valence-electron chi connectivity index (χ0n) is 10.2. The van der Waals surface area contributed by atoms with Crippen LogP contribution in [-0.4, -0.2) is 26.5 Å². The third kappa shape index (κ3) is 2.58. The molecule has 1 saturated carbocycles. The van der Waals surface area contributed by atoms with Gasteiger partial charge in [0.15, 0.2) is 5.65 Å². The molecular formula is C13H17ClN4. The van der Waals surface area contributed by atoms with Crippen molar-refractivity contribution in [1.82, 2.24) is 14.6 Å². The van der Waals surface area contributed by atoms with E-state index in [1.807, 2.05) is 18.3 Å². The number of nitrogens with zero attached hydrogens (tertiary/aromatic N) is 3. The highest BCUT2D eigenvalue weighted by Crippen LogP contribution is 2.27. The maximum atomic E-state index is 6.20. The van der Waals surface area contributed by atoms with E-state index < -0.39 is 0 Å². The quantitative estimate of drug-likeness (QED) is 0.867. The number of aromatic nitrogens is 3. The minimum absolute atomic E-state index is 0.357. The molecule has 1 fully saturated rings. The van der Waals surface area contributed by atoms with Crippen LogP contribution in [-0.2, 0) is 0 Å². The minimum Gasteiger partial charge on any atom is -0.370 e. The summed E-state index contributed by atoms with van der Waals surface area (Å²) < 4.78 is 1.76. The molecule has 0 saturated heterocycles. The molecule has 0 bridgehead atoms. The van der Waals surface area contributed by atoms with Crippen LogP contribution in [0, 0.1) is 5.92 Å². The van der Waals surface area contributed by atoms with Crippen molar-refractivity contribution in [3.63, 3.8) is 0 Å². The predicted octanol–water partition coefficient (Wildman–Crippen LogP) is 2.94. The molecule has 4 nitrogen and oxygen atoms in total. The van der Waals surface area contributed by atoms with Crippen LogP contribution in [0.2, 0.25) is 0 Å². The monoisotopic (exact) mass is 264 g/mol. The molecule has 0 aromatic carbocycles. The van der Waals surface area contributed by atoms with Crippen LogP contribution < -0.4 is 5.32 Å². The van der Waals surface area contributed by atoms with Crippen molar-refractivity contribution in [2.24, 2.45) is 5.92 Å². The summed E-state index contributed by atoms with van der Waals surface area (Å²) in [5.74, 6) is 1.59. The summed E-state index contributed by atoms with van der Waals surface area (Å²) in [7, 11) is 0. The Morgan fingerprint density at radius 1 is 1.39 bits per heavy atom. The molecule has 96 valence electrons. The molecule has 18 heavy (non-hydrogen) atoms. The number of hydrogen-bond acceptors (Lipinski definition) is 3. The number of fused-ring (bicyclic) bond motifs is 1. The van der Waals surface area contributed by atoms with Crippen LogP contribution >= 0.6 is 11.6 Å². The molecule has 2 aromatic rings. The molecule has 0 aliphatic heterocycles. The van der Waals surface area contributed by atoms with Gasteiger partial charge in [-0.2, -0.15) is 5.10 Å². The Morgan fingerprint density at radius 2 is 2.33 bits per heavy atom. The van der Waals surface area contributed by atoms with Gasteiger partial charge in [0.2, 0.25) is 0 Å². The van der Waals surface area contributed by atoms with Crippen molar-refractivity contribution in [2.75, 3.05) is 11.9 Å². The van der Waals surface area contributed by atoms with Crippen LogP contribution in [0.5, 0.6) is 0 Å². The number of alkyl halides is 1. The van der Waals surface area contributed by atoms with Crippen molar-refractivity contribution in [3.8, 4) is 0 Å². The molecule has 0 spiro atoms. The molecule has 2 heterocycles. The first-order valence-corrected chi connectivity index (χ1v) is 6.93. The van der Waals surface area contributed by atoms with Crippen molar-refractivity contribution in [3.05, 3.63) is 24.5 Å². The Hall–Kier alpha value is -1.29. The van der Waals surface area contributed by atoms with E-state index in [0.29, 0.717) is 11.3 Å². The van der Waals surface area contributed by atoms with Gasteiger partial charge < -0.3 is 5.32 Å². The lowest BCUT2D eigenvalue weighted by molar-refractivity contribution is 0.378. The van der Waals surface area contributed by atoms with Crippen molar-refractivity contribution >= 4 is 23.1 Å². The molecule has 3 rings (SSSR count). The van der Waals surface area contributed by atoms with Gasteiger partial charge in [-0.15, -0.1) is 11.6 Å². The Kier molecular flexibility index (Phi) is 3.37. The van der Waals surface area contributed by atoms with Gasteiger partial charge in [0.25, 0.3) is 0 Å². The summed E-state index contributed by atoms with van der Waals surface area (Å²) in [6, 6.07) is 3.86. The minimum atomic E-state index is 0.357. The SMILES string of the molecule is ClC1CCCC(CNc2ccn3nccc3n2)C1. The van der Waals surface area contributed by atoms with E-state index in [-0.39, 0.29) is 0 Å². The van der Waals surface area contributed by atoms with Gasteiger partial charge in [0.1, 0.15) is 5.82 Å². The zero-order chi connectivity index (χ0) is 12.4. The fourth-order valence-electron chi connectivity index (χ4n) is 2.57. The molecule has 2 unspecified atom stereocenters. The van der Waals surface area contributed by atoms with E-state index in [1.54, 1.807) is 10.7 Å². The van der Waals surface area contributed by atoms with Gasteiger partial charge in [-0.25, -0.2) is 9.50 Å². The number of halogens is 1. The molecule has 1 N–H and O–H groups in total. The van der Waals surface area contributed by atoms with Gasteiger partial charge in [-0.1, -0.05) is 6.42 Å². The molecule has 0 amide bonds. The number of nitrogens with one attached hydrogen (secondary N) is 1. The lowest BCUT2D eigenvalue weighted by Gasteiger charge is -2.25. The number of rotatable bonds is 3. The Labute approximate surface area is 111 Å². The second-order valence-corrected chi connectivity index (χ2v) is 5.57. The van der Waals surface area contributed by atoms with Crippen molar-refractivity contribution in [2.45, 2.75) is 31.1 Å². The maximum Gasteiger partial charge on any atom is 0.157 e. The van der Waals surface area contributed by atoms with Gasteiger partial charge in [-0.05, 0) is 31.2 Å². The number of hydrogen-bond donors (Lipinski definition) is 1. The summed E-state index contributed by atoms with van der Waals surface area (Å²) in [6.07, 6.45) is 8.48. The predicted molar refractivity (Wildman–Crippen MR) is 73.1 cm³/mol. The van der Waals surface area contributed by atoms with Crippen LogP contribution in [0.15, 0.2) is 24.5 Å². The van der Waals surface area contributed by atoms with E-state index in [9.17, 15) is 0 Å². The van der Waals surface area contributed by atoms with Gasteiger partial charge in [-0.3, -0.25) is 0 Å². The first-order valence-electron chi connectivity index (χ1n) is 6.49. The first kappa shape index (κ1) is 11.8. The van der Waals surface area contributed by atoms with Crippen LogP contribution in [0.1, 0.15) is 25.7 Å². The molecule has 0 radical (unpaired) electrons. The Morgan fingerprint density at radius 3 is 3.22 bits per heavy atom. The summed E-state index contributed by atoms with van der Waals surface area (Å²) in [5, 5.41) is 7.89. The van der Waals surface area contributed by atoms with Crippen LogP contribution in [0.3, 0.4) is 0 Å². The zero-order valence-corrected chi connectivity index (χ0v) is 11.0. The lowest BCUT2D eigenvalue weighted by atomic mass is 9.89. The molecule has 2 aromatic heterocycles. The van der Waals surface area contributed by atoms with Crippen molar-refractivity contribution in [1.29, 1.82) is 0 Å². The molecule has 1 aliphatic carbocycles. The van der Waals surface area contributed by atoms with Gasteiger partial charge in [0.05, 0.1) is 6.20 Å². The topological polar surface area (TPSA) is 42.2 Å². The number of anilines is 1. The summed E-state index contributed by atoms with van der Waals surface area (Å²) in [6.45, 7) is 0.959. The van der Waals surface area contributed by atoms with E-state index in [4.69, 9.17) is 11.6 Å². The summed E-state index contributed by atoms with van der Waals surface area (Å²) >= 11 is 6.20. The molecule has 2 atom stereocenters. The van der Waals surface area contributed by atoms with Crippen LogP contribution in [0.4, 0.5) is 5.82 Å². The fourth-order valence-corrected chi connectivity index (χ4v) is 2.98. The third-order valence-corrected chi connectivity index (χ3v) is 3.95. The average Bonchev–Trinajstić information content (AvgIpc) is 2.84. The smallest absolute Gasteiger partial charge is 0.157 e. The van der Waals surface area contributed by atoms with Crippen molar-refractivity contribution < 1.29 is 0 Å². The highest BCUT2D eigenvalue weighted by atomic mass is 35.5. The van der Waals surface area contributed by atoms with E-state index >= 15 is 0 Å². The molecular weight excluding hydrogens is 248 g/mol. The lowest BCUT2D eigenvalue weighted by Crippen LogP contribution is -2.22. The fraction of sp³-hybridized carbons (Fsp3) is 0.538.